The third-order valence-corrected chi connectivity index (χ3v) is 3.56. The van der Waals surface area contributed by atoms with Crippen molar-refractivity contribution >= 4 is 0 Å². The minimum Gasteiger partial charge on any atom is -0.338 e. The molecule has 0 unspecified atom stereocenters. The summed E-state index contributed by atoms with van der Waals surface area (Å²) < 4.78 is 5.30. The fourth-order valence-corrected chi connectivity index (χ4v) is 2.54. The van der Waals surface area contributed by atoms with Crippen LogP contribution in [0.4, 0.5) is 0 Å². The topological polar surface area (TPSA) is 51.0 Å². The number of nitrogens with one attached hydrogen (secondary N) is 1. The lowest BCUT2D eigenvalue weighted by molar-refractivity contribution is 0.355. The molecular formula is C15H19N3O. The molecule has 1 heterocycles. The summed E-state index contributed by atoms with van der Waals surface area (Å²) in [5.41, 5.74) is 2.83. The highest BCUT2D eigenvalue weighted by atomic mass is 16.5. The van der Waals surface area contributed by atoms with Gasteiger partial charge in [0.15, 0.2) is 5.82 Å². The SMILES string of the molecule is CC(C)NCc1nc(C2Cc3ccccc3C2)no1. The summed E-state index contributed by atoms with van der Waals surface area (Å²) in [5.74, 6) is 1.89. The Hall–Kier alpha value is -1.68. The van der Waals surface area contributed by atoms with Crippen molar-refractivity contribution in [2.45, 2.75) is 45.2 Å². The van der Waals surface area contributed by atoms with E-state index in [-0.39, 0.29) is 0 Å². The summed E-state index contributed by atoms with van der Waals surface area (Å²) in [6.45, 7) is 4.85. The zero-order valence-electron chi connectivity index (χ0n) is 11.4. The molecule has 0 radical (unpaired) electrons. The lowest BCUT2D eigenvalue weighted by Gasteiger charge is -2.03. The molecule has 19 heavy (non-hydrogen) atoms. The molecule has 2 aromatic rings. The van der Waals surface area contributed by atoms with Gasteiger partial charge in [-0.3, -0.25) is 0 Å². The van der Waals surface area contributed by atoms with Gasteiger partial charge < -0.3 is 9.84 Å². The molecule has 1 aliphatic carbocycles. The Bertz CT molecular complexity index is 537. The van der Waals surface area contributed by atoms with Crippen LogP contribution in [0.5, 0.6) is 0 Å². The zero-order chi connectivity index (χ0) is 13.2. The Balaban J connectivity index is 1.68. The van der Waals surface area contributed by atoms with Crippen LogP contribution >= 0.6 is 0 Å². The molecule has 0 amide bonds. The van der Waals surface area contributed by atoms with E-state index in [0.29, 0.717) is 24.4 Å². The minimum absolute atomic E-state index is 0.369. The van der Waals surface area contributed by atoms with Crippen LogP contribution in [0.2, 0.25) is 0 Å². The van der Waals surface area contributed by atoms with E-state index < -0.39 is 0 Å². The van der Waals surface area contributed by atoms with Crippen molar-refractivity contribution in [3.63, 3.8) is 0 Å². The van der Waals surface area contributed by atoms with Crippen LogP contribution in [0.3, 0.4) is 0 Å². The fourth-order valence-electron chi connectivity index (χ4n) is 2.54. The van der Waals surface area contributed by atoms with Crippen LogP contribution in [0.25, 0.3) is 0 Å². The average Bonchev–Trinajstić information content (AvgIpc) is 3.02. The lowest BCUT2D eigenvalue weighted by atomic mass is 10.1. The molecule has 0 fully saturated rings. The van der Waals surface area contributed by atoms with E-state index in [1.165, 1.54) is 11.1 Å². The maximum Gasteiger partial charge on any atom is 0.240 e. The van der Waals surface area contributed by atoms with Crippen LogP contribution in [0.15, 0.2) is 28.8 Å². The first-order valence-corrected chi connectivity index (χ1v) is 6.85. The quantitative estimate of drug-likeness (QED) is 0.914. The van der Waals surface area contributed by atoms with Crippen molar-refractivity contribution in [3.05, 3.63) is 47.1 Å². The van der Waals surface area contributed by atoms with E-state index in [4.69, 9.17) is 4.52 Å². The molecular weight excluding hydrogens is 238 g/mol. The molecule has 0 bridgehead atoms. The van der Waals surface area contributed by atoms with Gasteiger partial charge in [-0.05, 0) is 24.0 Å². The standard InChI is InChI=1S/C15H19N3O/c1-10(2)16-9-14-17-15(18-19-14)13-7-11-5-3-4-6-12(11)8-13/h3-6,10,13,16H,7-9H2,1-2H3. The van der Waals surface area contributed by atoms with E-state index in [0.717, 1.165) is 18.7 Å². The molecule has 3 rings (SSSR count). The molecule has 4 heteroatoms. The van der Waals surface area contributed by atoms with Gasteiger partial charge >= 0.3 is 0 Å². The molecule has 1 aromatic carbocycles. The predicted molar refractivity (Wildman–Crippen MR) is 72.9 cm³/mol. The Morgan fingerprint density at radius 3 is 2.58 bits per heavy atom. The van der Waals surface area contributed by atoms with Crippen molar-refractivity contribution in [3.8, 4) is 0 Å². The van der Waals surface area contributed by atoms with E-state index >= 15 is 0 Å². The van der Waals surface area contributed by atoms with Gasteiger partial charge in [-0.1, -0.05) is 43.3 Å². The van der Waals surface area contributed by atoms with Crippen LogP contribution in [-0.2, 0) is 19.4 Å². The average molecular weight is 257 g/mol. The maximum absolute atomic E-state index is 5.30. The molecule has 0 spiro atoms. The monoisotopic (exact) mass is 257 g/mol. The molecule has 1 aliphatic rings. The summed E-state index contributed by atoms with van der Waals surface area (Å²) in [7, 11) is 0. The number of aromatic nitrogens is 2. The molecule has 0 aliphatic heterocycles. The van der Waals surface area contributed by atoms with Gasteiger partial charge in [0.2, 0.25) is 5.89 Å². The Morgan fingerprint density at radius 2 is 1.95 bits per heavy atom. The Morgan fingerprint density at radius 1 is 1.26 bits per heavy atom. The smallest absolute Gasteiger partial charge is 0.240 e. The number of rotatable bonds is 4. The molecule has 1 aromatic heterocycles. The Labute approximate surface area is 113 Å². The summed E-state index contributed by atoms with van der Waals surface area (Å²) in [4.78, 5) is 4.51. The number of hydrogen-bond acceptors (Lipinski definition) is 4. The number of nitrogens with zero attached hydrogens (tertiary/aromatic N) is 2. The van der Waals surface area contributed by atoms with E-state index in [1.807, 2.05) is 0 Å². The largest absolute Gasteiger partial charge is 0.338 e. The maximum atomic E-state index is 5.30. The van der Waals surface area contributed by atoms with Gasteiger partial charge in [0.1, 0.15) is 0 Å². The van der Waals surface area contributed by atoms with Crippen LogP contribution in [0, 0.1) is 0 Å². The second kappa shape index (κ2) is 5.13. The first-order valence-electron chi connectivity index (χ1n) is 6.85. The van der Waals surface area contributed by atoms with Crippen LogP contribution < -0.4 is 5.32 Å². The first-order chi connectivity index (χ1) is 9.22. The highest BCUT2D eigenvalue weighted by Gasteiger charge is 2.26. The van der Waals surface area contributed by atoms with Gasteiger partial charge in [-0.2, -0.15) is 4.98 Å². The van der Waals surface area contributed by atoms with Crippen molar-refractivity contribution in [2.24, 2.45) is 0 Å². The molecule has 0 saturated carbocycles. The molecule has 1 N–H and O–H groups in total. The number of benzene rings is 1. The number of fused-ring (bicyclic) bond motifs is 1. The second-order valence-corrected chi connectivity index (χ2v) is 5.46. The predicted octanol–water partition coefficient (Wildman–Crippen LogP) is 2.45. The van der Waals surface area contributed by atoms with E-state index in [2.05, 4.69) is 53.6 Å². The van der Waals surface area contributed by atoms with Crippen molar-refractivity contribution in [1.29, 1.82) is 0 Å². The van der Waals surface area contributed by atoms with Gasteiger partial charge in [0, 0.05) is 12.0 Å². The number of hydrogen-bond donors (Lipinski definition) is 1. The fraction of sp³-hybridized carbons (Fsp3) is 0.467. The summed E-state index contributed by atoms with van der Waals surface area (Å²) in [6.07, 6.45) is 2.04. The molecule has 0 saturated heterocycles. The second-order valence-electron chi connectivity index (χ2n) is 5.46. The van der Waals surface area contributed by atoms with Gasteiger partial charge in [0.25, 0.3) is 0 Å². The minimum atomic E-state index is 0.369. The lowest BCUT2D eigenvalue weighted by Crippen LogP contribution is -2.22. The third kappa shape index (κ3) is 2.68. The zero-order valence-corrected chi connectivity index (χ0v) is 11.4. The molecule has 4 nitrogen and oxygen atoms in total. The highest BCUT2D eigenvalue weighted by Crippen LogP contribution is 2.32. The third-order valence-electron chi connectivity index (χ3n) is 3.56. The summed E-state index contributed by atoms with van der Waals surface area (Å²) in [5, 5.41) is 7.42. The molecule has 0 atom stereocenters. The van der Waals surface area contributed by atoms with Crippen molar-refractivity contribution in [1.82, 2.24) is 15.5 Å². The Kier molecular flexibility index (Phi) is 3.34. The summed E-state index contributed by atoms with van der Waals surface area (Å²) >= 11 is 0. The highest BCUT2D eigenvalue weighted by molar-refractivity contribution is 5.34. The van der Waals surface area contributed by atoms with E-state index in [9.17, 15) is 0 Å². The van der Waals surface area contributed by atoms with Gasteiger partial charge in [-0.15, -0.1) is 0 Å². The first kappa shape index (κ1) is 12.4. The summed E-state index contributed by atoms with van der Waals surface area (Å²) in [6, 6.07) is 8.99. The van der Waals surface area contributed by atoms with Gasteiger partial charge in [0.05, 0.1) is 6.54 Å². The van der Waals surface area contributed by atoms with Crippen LogP contribution in [-0.4, -0.2) is 16.2 Å². The molecule has 100 valence electrons. The van der Waals surface area contributed by atoms with Crippen molar-refractivity contribution in [2.75, 3.05) is 0 Å². The normalized spacial score (nSPS) is 15.1. The van der Waals surface area contributed by atoms with E-state index in [1.54, 1.807) is 0 Å². The van der Waals surface area contributed by atoms with Crippen molar-refractivity contribution < 1.29 is 4.52 Å². The van der Waals surface area contributed by atoms with Gasteiger partial charge in [-0.25, -0.2) is 0 Å². The van der Waals surface area contributed by atoms with Crippen LogP contribution in [0.1, 0.15) is 42.6 Å².